The summed E-state index contributed by atoms with van der Waals surface area (Å²) in [4.78, 5) is 0. The highest BCUT2D eigenvalue weighted by Crippen LogP contribution is 2.26. The summed E-state index contributed by atoms with van der Waals surface area (Å²) in [5, 5.41) is 0. The second-order valence-corrected chi connectivity index (χ2v) is 6.53. The summed E-state index contributed by atoms with van der Waals surface area (Å²) in [6.07, 6.45) is 4.69. The Balaban J connectivity index is 1.70. The summed E-state index contributed by atoms with van der Waals surface area (Å²) in [5.41, 5.74) is 5.22. The summed E-state index contributed by atoms with van der Waals surface area (Å²) in [5.74, 6) is 2.33. The highest BCUT2D eigenvalue weighted by Gasteiger charge is 2.28. The van der Waals surface area contributed by atoms with E-state index in [-0.39, 0.29) is 0 Å². The van der Waals surface area contributed by atoms with Gasteiger partial charge in [-0.1, -0.05) is 29.8 Å². The molecule has 3 nitrogen and oxygen atoms in total. The number of aryl methyl sites for hydroxylation is 1. The second kappa shape index (κ2) is 6.16. The van der Waals surface area contributed by atoms with E-state index in [1.54, 1.807) is 7.11 Å². The van der Waals surface area contributed by atoms with E-state index >= 15 is 0 Å². The van der Waals surface area contributed by atoms with Crippen LogP contribution < -0.4 is 9.30 Å². The summed E-state index contributed by atoms with van der Waals surface area (Å²) >= 11 is 0. The monoisotopic (exact) mass is 319 g/mol. The van der Waals surface area contributed by atoms with Crippen LogP contribution in [-0.2, 0) is 19.5 Å². The molecule has 0 saturated carbocycles. The molecule has 0 aliphatic carbocycles. The first-order valence-electron chi connectivity index (χ1n) is 8.56. The van der Waals surface area contributed by atoms with Crippen molar-refractivity contribution in [3.05, 3.63) is 71.7 Å². The van der Waals surface area contributed by atoms with Crippen LogP contribution in [0.2, 0.25) is 0 Å². The summed E-state index contributed by atoms with van der Waals surface area (Å²) in [6, 6.07) is 17.2. The van der Waals surface area contributed by atoms with Crippen molar-refractivity contribution in [1.82, 2.24) is 4.57 Å². The highest BCUT2D eigenvalue weighted by atomic mass is 16.5. The van der Waals surface area contributed by atoms with E-state index in [0.29, 0.717) is 0 Å². The average Bonchev–Trinajstić information content (AvgIpc) is 3.21. The van der Waals surface area contributed by atoms with Gasteiger partial charge in [0.1, 0.15) is 18.5 Å². The SMILES string of the molecule is COc1ccc(-c2c[n+](Cc3ccc(C)cc3)c3n2CCC3)cc1. The second-order valence-electron chi connectivity index (χ2n) is 6.53. The molecule has 24 heavy (non-hydrogen) atoms. The number of hydrogen-bond donors (Lipinski definition) is 0. The van der Waals surface area contributed by atoms with E-state index in [1.165, 1.54) is 34.6 Å². The van der Waals surface area contributed by atoms with Crippen LogP contribution in [0.15, 0.2) is 54.7 Å². The summed E-state index contributed by atoms with van der Waals surface area (Å²) in [6.45, 7) is 4.18. The van der Waals surface area contributed by atoms with E-state index in [4.69, 9.17) is 4.74 Å². The third-order valence-corrected chi connectivity index (χ3v) is 4.85. The van der Waals surface area contributed by atoms with Crippen molar-refractivity contribution in [2.75, 3.05) is 7.11 Å². The average molecular weight is 319 g/mol. The summed E-state index contributed by atoms with van der Waals surface area (Å²) < 4.78 is 10.2. The Labute approximate surface area is 143 Å². The predicted octanol–water partition coefficient (Wildman–Crippen LogP) is 3.75. The van der Waals surface area contributed by atoms with Crippen LogP contribution in [0, 0.1) is 6.92 Å². The molecule has 3 heteroatoms. The molecule has 0 amide bonds. The van der Waals surface area contributed by atoms with Crippen molar-refractivity contribution in [3.63, 3.8) is 0 Å². The molecule has 2 aromatic carbocycles. The van der Waals surface area contributed by atoms with E-state index in [0.717, 1.165) is 25.3 Å². The van der Waals surface area contributed by atoms with Gasteiger partial charge >= 0.3 is 0 Å². The number of aromatic nitrogens is 2. The fourth-order valence-corrected chi connectivity index (χ4v) is 3.53. The maximum Gasteiger partial charge on any atom is 0.257 e. The first-order valence-corrected chi connectivity index (χ1v) is 8.56. The molecule has 0 unspecified atom stereocenters. The Morgan fingerprint density at radius 2 is 1.79 bits per heavy atom. The third-order valence-electron chi connectivity index (χ3n) is 4.85. The molecular formula is C21H23N2O+. The number of fused-ring (bicyclic) bond motifs is 1. The zero-order chi connectivity index (χ0) is 16.5. The standard InChI is InChI=1S/C21H23N2O/c1-16-5-7-17(8-6-16)14-22-15-20(23-13-3-4-21(22)23)18-9-11-19(24-2)12-10-18/h5-12,15H,3-4,13-14H2,1-2H3/q+1. The van der Waals surface area contributed by atoms with Gasteiger partial charge in [0.2, 0.25) is 0 Å². The minimum absolute atomic E-state index is 0.902. The lowest BCUT2D eigenvalue weighted by Crippen LogP contribution is -2.36. The Hall–Kier alpha value is -2.55. The molecule has 0 fully saturated rings. The molecule has 1 aliphatic heterocycles. The highest BCUT2D eigenvalue weighted by molar-refractivity contribution is 5.59. The maximum atomic E-state index is 5.28. The van der Waals surface area contributed by atoms with Gasteiger partial charge in [0.15, 0.2) is 5.69 Å². The van der Waals surface area contributed by atoms with Gasteiger partial charge < -0.3 is 4.74 Å². The molecule has 0 radical (unpaired) electrons. The number of benzene rings is 2. The molecule has 0 N–H and O–H groups in total. The molecule has 0 bridgehead atoms. The van der Waals surface area contributed by atoms with Crippen molar-refractivity contribution < 1.29 is 9.30 Å². The Kier molecular flexibility index (Phi) is 3.85. The number of ether oxygens (including phenoxy) is 1. The van der Waals surface area contributed by atoms with Gasteiger partial charge in [0, 0.05) is 5.56 Å². The van der Waals surface area contributed by atoms with Gasteiger partial charge in [0.05, 0.1) is 20.1 Å². The van der Waals surface area contributed by atoms with Crippen LogP contribution in [0.4, 0.5) is 0 Å². The number of rotatable bonds is 4. The van der Waals surface area contributed by atoms with E-state index in [2.05, 4.69) is 58.7 Å². The molecule has 4 rings (SSSR count). The normalized spacial score (nSPS) is 13.1. The molecule has 2 heterocycles. The Morgan fingerprint density at radius 3 is 2.50 bits per heavy atom. The predicted molar refractivity (Wildman–Crippen MR) is 95.2 cm³/mol. The van der Waals surface area contributed by atoms with Crippen LogP contribution in [0.1, 0.15) is 23.4 Å². The number of nitrogens with zero attached hydrogens (tertiary/aromatic N) is 2. The van der Waals surface area contributed by atoms with Crippen LogP contribution in [0.5, 0.6) is 5.75 Å². The van der Waals surface area contributed by atoms with Crippen molar-refractivity contribution in [3.8, 4) is 17.0 Å². The number of methoxy groups -OCH3 is 1. The number of hydrogen-bond acceptors (Lipinski definition) is 1. The van der Waals surface area contributed by atoms with Crippen molar-refractivity contribution >= 4 is 0 Å². The molecule has 1 aliphatic rings. The lowest BCUT2D eigenvalue weighted by atomic mass is 10.1. The van der Waals surface area contributed by atoms with Gasteiger partial charge in [-0.25, -0.2) is 9.13 Å². The molecule has 1 aromatic heterocycles. The van der Waals surface area contributed by atoms with E-state index < -0.39 is 0 Å². The van der Waals surface area contributed by atoms with Crippen molar-refractivity contribution in [2.45, 2.75) is 32.9 Å². The van der Waals surface area contributed by atoms with E-state index in [1.807, 2.05) is 12.1 Å². The Morgan fingerprint density at radius 1 is 1.04 bits per heavy atom. The summed E-state index contributed by atoms with van der Waals surface area (Å²) in [7, 11) is 1.71. The fraction of sp³-hybridized carbons (Fsp3) is 0.286. The molecule has 0 spiro atoms. The van der Waals surface area contributed by atoms with Crippen LogP contribution in [0.3, 0.4) is 0 Å². The Bertz CT molecular complexity index is 845. The minimum atomic E-state index is 0.902. The zero-order valence-corrected chi connectivity index (χ0v) is 14.3. The zero-order valence-electron chi connectivity index (χ0n) is 14.3. The molecule has 122 valence electrons. The van der Waals surface area contributed by atoms with Gasteiger partial charge in [0.25, 0.3) is 5.82 Å². The van der Waals surface area contributed by atoms with Gasteiger partial charge in [-0.2, -0.15) is 0 Å². The fourth-order valence-electron chi connectivity index (χ4n) is 3.53. The van der Waals surface area contributed by atoms with E-state index in [9.17, 15) is 0 Å². The van der Waals surface area contributed by atoms with Gasteiger partial charge in [-0.3, -0.25) is 0 Å². The first kappa shape index (κ1) is 15.0. The van der Waals surface area contributed by atoms with Crippen LogP contribution >= 0.6 is 0 Å². The molecule has 3 aromatic rings. The van der Waals surface area contributed by atoms with Crippen LogP contribution in [-0.4, -0.2) is 11.7 Å². The lowest BCUT2D eigenvalue weighted by Gasteiger charge is -2.01. The minimum Gasteiger partial charge on any atom is -0.497 e. The van der Waals surface area contributed by atoms with Crippen LogP contribution in [0.25, 0.3) is 11.3 Å². The van der Waals surface area contributed by atoms with Gasteiger partial charge in [-0.05, 0) is 43.2 Å². The maximum absolute atomic E-state index is 5.28. The molecule has 0 atom stereocenters. The largest absolute Gasteiger partial charge is 0.497 e. The smallest absolute Gasteiger partial charge is 0.257 e. The number of imidazole rings is 1. The van der Waals surface area contributed by atoms with Gasteiger partial charge in [-0.15, -0.1) is 0 Å². The first-order chi connectivity index (χ1) is 11.7. The quantitative estimate of drug-likeness (QED) is 0.670. The topological polar surface area (TPSA) is 18.0 Å². The molecular weight excluding hydrogens is 296 g/mol. The lowest BCUT2D eigenvalue weighted by molar-refractivity contribution is -0.694. The van der Waals surface area contributed by atoms with Crippen molar-refractivity contribution in [1.29, 1.82) is 0 Å². The van der Waals surface area contributed by atoms with Crippen molar-refractivity contribution in [2.24, 2.45) is 0 Å². The third kappa shape index (κ3) is 2.71. The molecule has 0 saturated heterocycles.